The average Bonchev–Trinajstić information content (AvgIpc) is 4.06. The minimum Gasteiger partial charge on any atom is -0.494 e. The number of hydrogen-bond donors (Lipinski definition) is 2. The number of ketones is 1. The number of hydrogen-bond acceptors (Lipinski definition) is 11. The van der Waals surface area contributed by atoms with Gasteiger partial charge in [0.2, 0.25) is 11.8 Å². The molecule has 7 rings (SSSR count). The van der Waals surface area contributed by atoms with E-state index >= 15 is 0 Å². The van der Waals surface area contributed by atoms with E-state index in [-0.39, 0.29) is 49.2 Å². The molecule has 0 radical (unpaired) electrons. The third-order valence-electron chi connectivity index (χ3n) is 12.4. The fourth-order valence-corrected chi connectivity index (χ4v) is 9.06. The molecule has 15 nitrogen and oxygen atoms in total. The molecule has 2 aliphatic rings. The van der Waals surface area contributed by atoms with Crippen LogP contribution in [0.25, 0.3) is 27.3 Å². The maximum atomic E-state index is 14.0. The molecule has 2 saturated heterocycles. The average molecular weight is 994 g/mol. The number of benzene rings is 3. The van der Waals surface area contributed by atoms with Gasteiger partial charge in [0.05, 0.1) is 36.2 Å². The molecule has 19 heteroatoms. The van der Waals surface area contributed by atoms with Gasteiger partial charge in [-0.25, -0.2) is 4.98 Å². The molecule has 2 N–H and O–H groups in total. The molecule has 71 heavy (non-hydrogen) atoms. The molecule has 3 atom stereocenters. The first-order chi connectivity index (χ1) is 33.7. The molecule has 3 aromatic carbocycles. The summed E-state index contributed by atoms with van der Waals surface area (Å²) in [6, 6.07) is 21.2. The quantitative estimate of drug-likeness (QED) is 0.0487. The van der Waals surface area contributed by atoms with E-state index in [2.05, 4.69) is 20.1 Å². The number of aromatic nitrogens is 2. The number of aliphatic hydroxyl groups excluding tert-OH is 1. The van der Waals surface area contributed by atoms with Crippen LogP contribution in [0.1, 0.15) is 71.4 Å². The molecule has 3 amide bonds. The number of aliphatic hydroxyl groups is 1. The predicted molar refractivity (Wildman–Crippen MR) is 262 cm³/mol. The number of anilines is 2. The van der Waals surface area contributed by atoms with Gasteiger partial charge in [-0.05, 0) is 97.8 Å². The van der Waals surface area contributed by atoms with Crippen LogP contribution in [-0.2, 0) is 36.5 Å². The smallest absolute Gasteiger partial charge is 0.409 e. The van der Waals surface area contributed by atoms with Gasteiger partial charge >= 0.3 is 6.18 Å². The maximum absolute atomic E-state index is 14.0. The van der Waals surface area contributed by atoms with Crippen LogP contribution in [0.3, 0.4) is 0 Å². The molecule has 2 aliphatic heterocycles. The Morgan fingerprint density at radius 2 is 1.61 bits per heavy atom. The molecule has 5 aromatic rings. The second-order valence-electron chi connectivity index (χ2n) is 19.0. The van der Waals surface area contributed by atoms with Crippen LogP contribution in [0, 0.1) is 12.0 Å². The number of nitrogens with one attached hydrogen (secondary N) is 1. The number of ether oxygens (including phenoxy) is 2. The lowest BCUT2D eigenvalue weighted by atomic mass is 9.85. The van der Waals surface area contributed by atoms with Crippen LogP contribution >= 0.6 is 12.2 Å². The Morgan fingerprint density at radius 3 is 2.23 bits per heavy atom. The van der Waals surface area contributed by atoms with Crippen LogP contribution in [0.5, 0.6) is 5.75 Å². The fraction of sp³-hybridized carbons (Fsp3) is 0.385. The zero-order chi connectivity index (χ0) is 51.3. The molecule has 0 bridgehead atoms. The van der Waals surface area contributed by atoms with Gasteiger partial charge in [0, 0.05) is 37.2 Å². The van der Waals surface area contributed by atoms with E-state index in [1.54, 1.807) is 37.1 Å². The van der Waals surface area contributed by atoms with Gasteiger partial charge in [0.15, 0.2) is 23.0 Å². The molecule has 2 aromatic heterocycles. The van der Waals surface area contributed by atoms with Crippen molar-refractivity contribution >= 4 is 58.0 Å². The maximum Gasteiger partial charge on any atom is 0.409 e. The highest BCUT2D eigenvalue weighted by Crippen LogP contribution is 2.41. The van der Waals surface area contributed by atoms with Crippen LogP contribution in [0.15, 0.2) is 102 Å². The summed E-state index contributed by atoms with van der Waals surface area (Å²) in [5.41, 5.74) is 0.672. The third-order valence-corrected chi connectivity index (χ3v) is 12.7. The summed E-state index contributed by atoms with van der Waals surface area (Å²) in [7, 11) is 0. The summed E-state index contributed by atoms with van der Waals surface area (Å²) >= 11 is 5.65. The predicted octanol–water partition coefficient (Wildman–Crippen LogP) is 8.76. The molecule has 1 unspecified atom stereocenters. The molecule has 0 saturated carbocycles. The number of likely N-dealkylation sites (tertiary alicyclic amines) is 1. The van der Waals surface area contributed by atoms with Gasteiger partial charge in [-0.2, -0.15) is 13.2 Å². The van der Waals surface area contributed by atoms with Crippen molar-refractivity contribution < 1.29 is 51.3 Å². The van der Waals surface area contributed by atoms with Crippen LogP contribution in [-0.4, -0.2) is 98.7 Å². The Kier molecular flexibility index (Phi) is 15.7. The fourth-order valence-electron chi connectivity index (χ4n) is 8.54. The summed E-state index contributed by atoms with van der Waals surface area (Å²) in [6.07, 6.45) is 0.286. The molecular weight excluding hydrogens is 940 g/mol. The number of rotatable bonds is 18. The van der Waals surface area contributed by atoms with Gasteiger partial charge in [-0.1, -0.05) is 75.9 Å². The SMILES string of the molecule is [C-]#[N+]c1ncc(N2C(=O)C(C)(C)N(c3ccc(-c4ccc(OCCCCOCC(=O)N[C@H](C(=O)N5C[C@H](O)CC5C(=O)CCc5ccc(-c6cnco6)cc5)C(C)(C)C)cc4)cc3)C2=S)cc1C(F)(F)F. The highest BCUT2D eigenvalue weighted by Gasteiger charge is 2.51. The van der Waals surface area contributed by atoms with Crippen molar-refractivity contribution in [2.75, 3.05) is 36.2 Å². The highest BCUT2D eigenvalue weighted by molar-refractivity contribution is 7.81. The number of thiocarbonyl (C=S) groups is 1. The molecule has 2 fully saturated rings. The molecule has 372 valence electrons. The van der Waals surface area contributed by atoms with E-state index in [0.717, 1.165) is 33.4 Å². The summed E-state index contributed by atoms with van der Waals surface area (Å²) in [4.78, 5) is 68.6. The third kappa shape index (κ3) is 12.0. The molecule has 0 aliphatic carbocycles. The number of aryl methyl sites for hydroxylation is 1. The minimum absolute atomic E-state index is 0.00738. The molecule has 4 heterocycles. The lowest BCUT2D eigenvalue weighted by Gasteiger charge is -2.35. The van der Waals surface area contributed by atoms with Crippen LogP contribution in [0.2, 0.25) is 0 Å². The standard InChI is InChI=1S/C52H54F3N7O8S/c1-50(2,3)45(47(66)60-29-38(63)26-41(60)42(64)22-11-32-9-12-35(13-10-32)43-28-57-31-70-43)59-44(65)30-68-23-7-8-24-69-39-20-16-34(17-21-39)33-14-18-36(19-15-33)62-49(71)61(48(67)51(62,4)5)37-25-40(52(53,54)55)46(56-6)58-27-37/h9-10,12-21,25,27-28,31,38,41,45,63H,7-8,11,22-24,26,29-30H2,1-5H3,(H,59,65)/t38-,41?,45-/m1/s1. The van der Waals surface area contributed by atoms with E-state index in [9.17, 15) is 37.5 Å². The normalized spacial score (nSPS) is 17.3. The lowest BCUT2D eigenvalue weighted by molar-refractivity contribution is -0.144. The Labute approximate surface area is 414 Å². The van der Waals surface area contributed by atoms with Gasteiger partial charge in [0.1, 0.15) is 30.1 Å². The number of nitrogens with zero attached hydrogens (tertiary/aromatic N) is 6. The van der Waals surface area contributed by atoms with Gasteiger partial charge in [-0.3, -0.25) is 24.1 Å². The summed E-state index contributed by atoms with van der Waals surface area (Å²) in [5.74, 6) is -1.16. The van der Waals surface area contributed by atoms with Crippen molar-refractivity contribution in [2.24, 2.45) is 5.41 Å². The van der Waals surface area contributed by atoms with E-state index in [0.29, 0.717) is 49.1 Å². The van der Waals surface area contributed by atoms with Crippen molar-refractivity contribution in [3.63, 3.8) is 0 Å². The Bertz CT molecular complexity index is 2770. The van der Waals surface area contributed by atoms with E-state index in [1.807, 2.05) is 81.4 Å². The van der Waals surface area contributed by atoms with Gasteiger partial charge < -0.3 is 39.0 Å². The first kappa shape index (κ1) is 51.8. The monoisotopic (exact) mass is 993 g/mol. The van der Waals surface area contributed by atoms with Crippen LogP contribution in [0.4, 0.5) is 30.4 Å². The van der Waals surface area contributed by atoms with Gasteiger partial charge in [0.25, 0.3) is 11.7 Å². The van der Waals surface area contributed by atoms with Crippen molar-refractivity contribution in [2.45, 2.75) is 96.6 Å². The number of carbonyl (C=O) groups is 4. The van der Waals surface area contributed by atoms with E-state index in [1.165, 1.54) is 11.3 Å². The number of β-amino-alcohol motifs (C(OH)–C–C–N with tert-alkyl or cyclic N) is 1. The first-order valence-corrected chi connectivity index (χ1v) is 23.4. The van der Waals surface area contributed by atoms with Crippen molar-refractivity contribution in [1.29, 1.82) is 0 Å². The zero-order valence-electron chi connectivity index (χ0n) is 39.9. The number of carbonyl (C=O) groups excluding carboxylic acids is 4. The van der Waals surface area contributed by atoms with E-state index in [4.69, 9.17) is 32.7 Å². The largest absolute Gasteiger partial charge is 0.494 e. The number of oxazole rings is 1. The zero-order valence-corrected chi connectivity index (χ0v) is 40.7. The van der Waals surface area contributed by atoms with Crippen molar-refractivity contribution in [3.8, 4) is 28.2 Å². The van der Waals surface area contributed by atoms with Crippen LogP contribution < -0.4 is 19.9 Å². The number of pyridine rings is 1. The van der Waals surface area contributed by atoms with Crippen molar-refractivity contribution in [1.82, 2.24) is 20.2 Å². The Balaban J connectivity index is 0.841. The highest BCUT2D eigenvalue weighted by atomic mass is 32.1. The second kappa shape index (κ2) is 21.5. The minimum atomic E-state index is -4.86. The van der Waals surface area contributed by atoms with Gasteiger partial charge in [-0.15, -0.1) is 4.98 Å². The number of halogens is 3. The first-order valence-electron chi connectivity index (χ1n) is 23.0. The summed E-state index contributed by atoms with van der Waals surface area (Å²) in [5, 5.41) is 13.4. The topological polar surface area (TPSA) is 172 Å². The molecular formula is C52H54F3N7O8S. The Hall–Kier alpha value is -7.01. The number of Topliss-reactive ketones (excluding diaryl/α,β-unsaturated/α-hetero) is 1. The van der Waals surface area contributed by atoms with E-state index < -0.39 is 64.4 Å². The Morgan fingerprint density at radius 1 is 0.958 bits per heavy atom. The summed E-state index contributed by atoms with van der Waals surface area (Å²) < 4.78 is 58.1. The number of unbranched alkanes of at least 4 members (excludes halogenated alkanes) is 1. The number of alkyl halides is 3. The van der Waals surface area contributed by atoms with Crippen molar-refractivity contribution in [3.05, 3.63) is 120 Å². The number of amides is 3. The summed E-state index contributed by atoms with van der Waals surface area (Å²) in [6.45, 7) is 16.2. The lowest BCUT2D eigenvalue weighted by Crippen LogP contribution is -2.57. The molecule has 0 spiro atoms. The second-order valence-corrected chi connectivity index (χ2v) is 19.3.